The number of ether oxygens (including phenoxy) is 1. The standard InChI is InChI=1S/C24H32O2P2/c25-28(23-9-5-2-6-10-23)24-17-13-20(14-18-24)26-19-11-15-22(16-12-19)27-21-7-3-1-4-8-21/h11-18,21,23,25,27H,1-10H2. The lowest BCUT2D eigenvalue weighted by molar-refractivity contribution is 0.482. The minimum Gasteiger partial charge on any atom is -0.457 e. The molecule has 0 aromatic heterocycles. The Balaban J connectivity index is 1.32. The molecule has 2 nitrogen and oxygen atoms in total. The van der Waals surface area contributed by atoms with E-state index in [4.69, 9.17) is 4.74 Å². The van der Waals surface area contributed by atoms with E-state index in [1.807, 2.05) is 12.1 Å². The maximum absolute atomic E-state index is 10.7. The van der Waals surface area contributed by atoms with Crippen LogP contribution < -0.4 is 15.3 Å². The van der Waals surface area contributed by atoms with Gasteiger partial charge in [0.1, 0.15) is 11.5 Å². The molecule has 2 atom stereocenters. The van der Waals surface area contributed by atoms with Crippen molar-refractivity contribution >= 4 is 27.3 Å². The van der Waals surface area contributed by atoms with Crippen molar-refractivity contribution in [1.82, 2.24) is 0 Å². The first-order chi connectivity index (χ1) is 13.8. The van der Waals surface area contributed by atoms with E-state index in [1.165, 1.54) is 69.5 Å². The monoisotopic (exact) mass is 414 g/mol. The third-order valence-corrected chi connectivity index (χ3v) is 9.78. The van der Waals surface area contributed by atoms with E-state index in [1.54, 1.807) is 0 Å². The molecule has 2 aromatic carbocycles. The zero-order valence-electron chi connectivity index (χ0n) is 16.6. The van der Waals surface area contributed by atoms with Gasteiger partial charge in [0.15, 0.2) is 0 Å². The summed E-state index contributed by atoms with van der Waals surface area (Å²) in [4.78, 5) is 10.7. The van der Waals surface area contributed by atoms with Crippen molar-refractivity contribution in [3.63, 3.8) is 0 Å². The van der Waals surface area contributed by atoms with Gasteiger partial charge in [0.2, 0.25) is 0 Å². The fraction of sp³-hybridized carbons (Fsp3) is 0.500. The molecular weight excluding hydrogens is 382 g/mol. The first kappa shape index (κ1) is 20.3. The molecule has 0 aliphatic heterocycles. The van der Waals surface area contributed by atoms with Crippen LogP contribution in [-0.2, 0) is 0 Å². The summed E-state index contributed by atoms with van der Waals surface area (Å²) in [5.41, 5.74) is 1.37. The summed E-state index contributed by atoms with van der Waals surface area (Å²) in [6.07, 6.45) is 13.2. The third kappa shape index (κ3) is 5.56. The molecule has 2 aliphatic carbocycles. The smallest absolute Gasteiger partial charge is 0.127 e. The van der Waals surface area contributed by atoms with Gasteiger partial charge in [0.25, 0.3) is 0 Å². The number of rotatable bonds is 6. The van der Waals surface area contributed by atoms with Crippen molar-refractivity contribution in [1.29, 1.82) is 0 Å². The molecule has 2 aromatic rings. The average molecular weight is 414 g/mol. The number of hydrogen-bond acceptors (Lipinski definition) is 2. The Morgan fingerprint density at radius 3 is 1.86 bits per heavy atom. The predicted molar refractivity (Wildman–Crippen MR) is 123 cm³/mol. The van der Waals surface area contributed by atoms with Crippen molar-refractivity contribution < 1.29 is 9.63 Å². The van der Waals surface area contributed by atoms with Gasteiger partial charge in [-0.15, -0.1) is 0 Å². The molecule has 1 N–H and O–H groups in total. The Kier molecular flexibility index (Phi) is 7.41. The van der Waals surface area contributed by atoms with E-state index < -0.39 is 8.15 Å². The highest BCUT2D eigenvalue weighted by atomic mass is 31.1. The van der Waals surface area contributed by atoms with Crippen molar-refractivity contribution in [2.75, 3.05) is 0 Å². The Morgan fingerprint density at radius 2 is 1.25 bits per heavy atom. The molecule has 0 bridgehead atoms. The Hall–Kier alpha value is -0.940. The first-order valence-corrected chi connectivity index (χ1v) is 13.3. The van der Waals surface area contributed by atoms with E-state index in [9.17, 15) is 4.89 Å². The van der Waals surface area contributed by atoms with Crippen LogP contribution in [-0.4, -0.2) is 16.2 Å². The molecule has 150 valence electrons. The predicted octanol–water partition coefficient (Wildman–Crippen LogP) is 6.46. The zero-order chi connectivity index (χ0) is 19.2. The van der Waals surface area contributed by atoms with Crippen LogP contribution in [0.4, 0.5) is 0 Å². The fourth-order valence-corrected chi connectivity index (χ4v) is 7.70. The molecular formula is C24H32O2P2. The third-order valence-electron chi connectivity index (χ3n) is 6.09. The highest BCUT2D eigenvalue weighted by molar-refractivity contribution is 7.60. The second kappa shape index (κ2) is 10.2. The van der Waals surface area contributed by atoms with E-state index in [0.29, 0.717) is 5.66 Å². The SMILES string of the molecule is OP(c1ccc(Oc2ccc(PC3CCCCC3)cc2)cc1)C1CCCCC1. The molecule has 4 heteroatoms. The van der Waals surface area contributed by atoms with Gasteiger partial charge in [-0.05, 0) is 73.0 Å². The summed E-state index contributed by atoms with van der Waals surface area (Å²) in [5.74, 6) is 1.74. The average Bonchev–Trinajstić information content (AvgIpc) is 2.76. The lowest BCUT2D eigenvalue weighted by Gasteiger charge is -2.26. The van der Waals surface area contributed by atoms with Gasteiger partial charge < -0.3 is 9.63 Å². The summed E-state index contributed by atoms with van der Waals surface area (Å²) in [5, 5.41) is 2.53. The minimum absolute atomic E-state index is 0.480. The normalized spacial score (nSPS) is 20.5. The largest absolute Gasteiger partial charge is 0.457 e. The Labute approximate surface area is 172 Å². The Bertz CT molecular complexity index is 717. The van der Waals surface area contributed by atoms with Gasteiger partial charge in [0.05, 0.1) is 8.15 Å². The van der Waals surface area contributed by atoms with E-state index in [0.717, 1.165) is 31.0 Å². The quantitative estimate of drug-likeness (QED) is 0.550. The molecule has 2 saturated carbocycles. The van der Waals surface area contributed by atoms with Crippen LogP contribution in [0.3, 0.4) is 0 Å². The molecule has 0 amide bonds. The molecule has 0 radical (unpaired) electrons. The molecule has 4 rings (SSSR count). The second-order valence-electron chi connectivity index (χ2n) is 8.24. The summed E-state index contributed by atoms with van der Waals surface area (Å²) < 4.78 is 6.03. The van der Waals surface area contributed by atoms with E-state index in [-0.39, 0.29) is 0 Å². The molecule has 2 fully saturated rings. The maximum Gasteiger partial charge on any atom is 0.127 e. The Morgan fingerprint density at radius 1 is 0.714 bits per heavy atom. The lowest BCUT2D eigenvalue weighted by Crippen LogP contribution is -2.16. The summed E-state index contributed by atoms with van der Waals surface area (Å²) in [6, 6.07) is 16.8. The topological polar surface area (TPSA) is 29.5 Å². The van der Waals surface area contributed by atoms with Crippen LogP contribution in [0.2, 0.25) is 0 Å². The maximum atomic E-state index is 10.7. The fourth-order valence-electron chi connectivity index (χ4n) is 4.44. The minimum atomic E-state index is -1.03. The zero-order valence-corrected chi connectivity index (χ0v) is 18.5. The van der Waals surface area contributed by atoms with E-state index in [2.05, 4.69) is 36.4 Å². The van der Waals surface area contributed by atoms with Crippen molar-refractivity contribution in [2.24, 2.45) is 0 Å². The molecule has 0 saturated heterocycles. The van der Waals surface area contributed by atoms with E-state index >= 15 is 0 Å². The van der Waals surface area contributed by atoms with Crippen LogP contribution in [0.1, 0.15) is 64.2 Å². The van der Waals surface area contributed by atoms with Crippen LogP contribution in [0.15, 0.2) is 48.5 Å². The van der Waals surface area contributed by atoms with Gasteiger partial charge in [-0.3, -0.25) is 0 Å². The summed E-state index contributed by atoms with van der Waals surface area (Å²) in [6.45, 7) is 0. The number of hydrogen-bond donors (Lipinski definition) is 1. The van der Waals surface area contributed by atoms with Crippen LogP contribution in [0.5, 0.6) is 11.5 Å². The van der Waals surface area contributed by atoms with Gasteiger partial charge in [-0.2, -0.15) is 0 Å². The highest BCUT2D eigenvalue weighted by Gasteiger charge is 2.23. The first-order valence-electron chi connectivity index (χ1n) is 10.9. The molecule has 2 unspecified atom stereocenters. The molecule has 2 aliphatic rings. The summed E-state index contributed by atoms with van der Waals surface area (Å²) >= 11 is 0. The lowest BCUT2D eigenvalue weighted by atomic mass is 10.0. The van der Waals surface area contributed by atoms with Crippen molar-refractivity contribution in [3.8, 4) is 11.5 Å². The van der Waals surface area contributed by atoms with Gasteiger partial charge in [0, 0.05) is 11.0 Å². The van der Waals surface area contributed by atoms with Crippen LogP contribution in [0, 0.1) is 0 Å². The van der Waals surface area contributed by atoms with Crippen LogP contribution >= 0.6 is 16.7 Å². The van der Waals surface area contributed by atoms with Crippen LogP contribution in [0.25, 0.3) is 0 Å². The van der Waals surface area contributed by atoms with Gasteiger partial charge >= 0.3 is 0 Å². The summed E-state index contributed by atoms with van der Waals surface area (Å²) in [7, 11) is -0.0996. The molecule has 28 heavy (non-hydrogen) atoms. The molecule has 0 heterocycles. The second-order valence-corrected chi connectivity index (χ2v) is 11.9. The number of benzene rings is 2. The van der Waals surface area contributed by atoms with Crippen molar-refractivity contribution in [3.05, 3.63) is 48.5 Å². The highest BCUT2D eigenvalue weighted by Crippen LogP contribution is 2.43. The van der Waals surface area contributed by atoms with Gasteiger partial charge in [-0.25, -0.2) is 0 Å². The molecule has 0 spiro atoms. The van der Waals surface area contributed by atoms with Gasteiger partial charge in [-0.1, -0.05) is 59.2 Å². The van der Waals surface area contributed by atoms with Crippen molar-refractivity contribution in [2.45, 2.75) is 75.5 Å².